The van der Waals surface area contributed by atoms with Gasteiger partial charge in [-0.25, -0.2) is 9.79 Å². The van der Waals surface area contributed by atoms with E-state index < -0.39 is 12.0 Å². The van der Waals surface area contributed by atoms with Crippen molar-refractivity contribution < 1.29 is 19.1 Å². The third kappa shape index (κ3) is 4.63. The number of rotatable bonds is 7. The van der Waals surface area contributed by atoms with Crippen LogP contribution in [0.1, 0.15) is 30.5 Å². The molecule has 0 spiro atoms. The Labute approximate surface area is 196 Å². The summed E-state index contributed by atoms with van der Waals surface area (Å²) in [4.78, 5) is 36.1. The Hall–Kier alpha value is -3.59. The van der Waals surface area contributed by atoms with Gasteiger partial charge in [0.25, 0.3) is 0 Å². The number of aromatic nitrogens is 1. The van der Waals surface area contributed by atoms with Gasteiger partial charge in [0, 0.05) is 30.2 Å². The molecule has 3 heterocycles. The lowest BCUT2D eigenvalue weighted by atomic mass is 9.93. The molecule has 33 heavy (non-hydrogen) atoms. The van der Waals surface area contributed by atoms with Crippen molar-refractivity contribution in [3.8, 4) is 5.75 Å². The van der Waals surface area contributed by atoms with Crippen LogP contribution >= 0.6 is 11.8 Å². The van der Waals surface area contributed by atoms with Crippen LogP contribution in [0.3, 0.4) is 0 Å². The zero-order chi connectivity index (χ0) is 23.4. The van der Waals surface area contributed by atoms with E-state index in [1.165, 1.54) is 18.9 Å². The molecule has 1 amide bonds. The third-order valence-corrected chi connectivity index (χ3v) is 6.31. The number of hydrogen-bond acceptors (Lipinski definition) is 8. The van der Waals surface area contributed by atoms with E-state index in [2.05, 4.69) is 15.3 Å². The third-order valence-electron chi connectivity index (χ3n) is 5.42. The molecule has 0 radical (unpaired) electrons. The number of ether oxygens (including phenoxy) is 2. The first kappa shape index (κ1) is 22.6. The first-order chi connectivity index (χ1) is 16.0. The summed E-state index contributed by atoms with van der Waals surface area (Å²) in [6.45, 7) is 2.20. The number of amidine groups is 1. The summed E-state index contributed by atoms with van der Waals surface area (Å²) in [5.74, 6) is 0.0329. The number of para-hydroxylation sites is 1. The van der Waals surface area contributed by atoms with Crippen molar-refractivity contribution in [1.82, 2.24) is 15.2 Å². The number of fused-ring (bicyclic) bond motifs is 1. The van der Waals surface area contributed by atoms with E-state index in [0.29, 0.717) is 28.7 Å². The monoisotopic (exact) mass is 464 g/mol. The highest BCUT2D eigenvalue weighted by Crippen LogP contribution is 2.46. The van der Waals surface area contributed by atoms with Gasteiger partial charge in [-0.05, 0) is 36.1 Å². The number of nitrogens with one attached hydrogen (secondary N) is 1. The Kier molecular flexibility index (Phi) is 6.79. The summed E-state index contributed by atoms with van der Waals surface area (Å²) in [6.07, 6.45) is 3.51. The molecule has 8 nitrogen and oxygen atoms in total. The van der Waals surface area contributed by atoms with Gasteiger partial charge in [-0.2, -0.15) is 0 Å². The Morgan fingerprint density at radius 3 is 2.64 bits per heavy atom. The largest absolute Gasteiger partial charge is 0.496 e. The van der Waals surface area contributed by atoms with Crippen LogP contribution in [0.25, 0.3) is 0 Å². The van der Waals surface area contributed by atoms with Crippen molar-refractivity contribution in [3.05, 3.63) is 82.3 Å². The molecule has 0 saturated carbocycles. The molecule has 170 valence electrons. The molecule has 2 aromatic rings. The second kappa shape index (κ2) is 9.91. The number of allylic oxidation sites excluding steroid dienone is 1. The van der Waals surface area contributed by atoms with Gasteiger partial charge in [0.2, 0.25) is 5.91 Å². The molecule has 1 N–H and O–H groups in total. The van der Waals surface area contributed by atoms with E-state index in [4.69, 9.17) is 9.47 Å². The lowest BCUT2D eigenvalue weighted by Crippen LogP contribution is -2.38. The molecule has 9 heteroatoms. The molecular formula is C24H24N4O4S. The molecule has 4 rings (SSSR count). The Balaban J connectivity index is 1.64. The molecule has 2 aliphatic rings. The topological polar surface area (TPSA) is 93.1 Å². The average Bonchev–Trinajstić information content (AvgIpc) is 3.23. The first-order valence-corrected chi connectivity index (χ1v) is 11.2. The summed E-state index contributed by atoms with van der Waals surface area (Å²) in [5.41, 5.74) is 3.49. The van der Waals surface area contributed by atoms with Gasteiger partial charge >= 0.3 is 5.97 Å². The molecule has 0 unspecified atom stereocenters. The summed E-state index contributed by atoms with van der Waals surface area (Å²) in [7, 11) is 2.94. The van der Waals surface area contributed by atoms with Crippen LogP contribution in [0.5, 0.6) is 5.75 Å². The van der Waals surface area contributed by atoms with Crippen molar-refractivity contribution in [2.45, 2.75) is 25.9 Å². The van der Waals surface area contributed by atoms with E-state index in [1.54, 1.807) is 26.4 Å². The number of carbonyl (C=O) groups excluding carboxylic acids is 2. The number of nitrogens with zero attached hydrogens (tertiary/aromatic N) is 3. The van der Waals surface area contributed by atoms with Crippen molar-refractivity contribution in [2.24, 2.45) is 4.99 Å². The minimum Gasteiger partial charge on any atom is -0.496 e. The van der Waals surface area contributed by atoms with E-state index >= 15 is 0 Å². The second-order valence-corrected chi connectivity index (χ2v) is 8.27. The van der Waals surface area contributed by atoms with E-state index in [0.717, 1.165) is 16.8 Å². The Morgan fingerprint density at radius 2 is 1.91 bits per heavy atom. The number of amides is 1. The van der Waals surface area contributed by atoms with E-state index in [9.17, 15) is 9.59 Å². The van der Waals surface area contributed by atoms with Crippen molar-refractivity contribution in [1.29, 1.82) is 0 Å². The molecule has 2 aliphatic heterocycles. The summed E-state index contributed by atoms with van der Waals surface area (Å²) in [5, 5.41) is 5.55. The average molecular weight is 465 g/mol. The molecule has 0 bridgehead atoms. The van der Waals surface area contributed by atoms with Gasteiger partial charge in [-0.1, -0.05) is 30.0 Å². The van der Waals surface area contributed by atoms with Gasteiger partial charge in [0.05, 0.1) is 38.0 Å². The van der Waals surface area contributed by atoms with E-state index in [1.807, 2.05) is 46.7 Å². The van der Waals surface area contributed by atoms with Crippen LogP contribution < -0.4 is 10.1 Å². The van der Waals surface area contributed by atoms with Crippen LogP contribution in [0, 0.1) is 0 Å². The van der Waals surface area contributed by atoms with Crippen LogP contribution in [0.4, 0.5) is 0 Å². The summed E-state index contributed by atoms with van der Waals surface area (Å²) >= 11 is 1.43. The number of hydrogen-bond donors (Lipinski definition) is 1. The number of aliphatic imine (C=N–C) groups is 1. The Bertz CT molecular complexity index is 1160. The quantitative estimate of drug-likeness (QED) is 0.627. The standard InChI is InChI=1S/C24H24N4O4S/c1-15-21(23(30)32-3)22(18-6-4-5-7-19(18)31-2)28-17(14-33-24(28)27-15)12-20(29)26-13-16-8-10-25-11-9-16/h4-11,14,22H,12-13H2,1-3H3,(H,26,29)/t22-/m0/s1. The minimum atomic E-state index is -0.532. The Morgan fingerprint density at radius 1 is 1.15 bits per heavy atom. The van der Waals surface area contributed by atoms with Crippen LogP contribution in [-0.4, -0.2) is 41.1 Å². The van der Waals surface area contributed by atoms with Crippen molar-refractivity contribution >= 4 is 28.8 Å². The smallest absolute Gasteiger partial charge is 0.338 e. The predicted molar refractivity (Wildman–Crippen MR) is 126 cm³/mol. The zero-order valence-electron chi connectivity index (χ0n) is 18.6. The lowest BCUT2D eigenvalue weighted by molar-refractivity contribution is -0.136. The zero-order valence-corrected chi connectivity index (χ0v) is 19.4. The fraction of sp³-hybridized carbons (Fsp3) is 0.250. The SMILES string of the molecule is COC(=O)C1=C(C)N=C2SC=C(CC(=O)NCc3ccncc3)N2[C@H]1c1ccccc1OC. The maximum atomic E-state index is 12.8. The maximum absolute atomic E-state index is 12.8. The van der Waals surface area contributed by atoms with Crippen molar-refractivity contribution in [2.75, 3.05) is 14.2 Å². The fourth-order valence-corrected chi connectivity index (χ4v) is 4.82. The summed E-state index contributed by atoms with van der Waals surface area (Å²) < 4.78 is 10.7. The van der Waals surface area contributed by atoms with Gasteiger partial charge in [0.1, 0.15) is 5.75 Å². The second-order valence-electron chi connectivity index (χ2n) is 7.44. The summed E-state index contributed by atoms with van der Waals surface area (Å²) in [6, 6.07) is 10.7. The van der Waals surface area contributed by atoms with Crippen LogP contribution in [-0.2, 0) is 20.9 Å². The number of carbonyl (C=O) groups is 2. The first-order valence-electron chi connectivity index (χ1n) is 10.3. The highest BCUT2D eigenvalue weighted by Gasteiger charge is 2.42. The van der Waals surface area contributed by atoms with Crippen molar-refractivity contribution in [3.63, 3.8) is 0 Å². The number of pyridine rings is 1. The molecular weight excluding hydrogens is 440 g/mol. The van der Waals surface area contributed by atoms with Gasteiger partial charge in [0.15, 0.2) is 5.17 Å². The minimum absolute atomic E-state index is 0.135. The molecule has 0 fully saturated rings. The molecule has 1 aromatic heterocycles. The van der Waals surface area contributed by atoms with Crippen LogP contribution in [0.15, 0.2) is 76.2 Å². The molecule has 0 saturated heterocycles. The number of methoxy groups -OCH3 is 2. The van der Waals surface area contributed by atoms with Gasteiger partial charge in [-0.15, -0.1) is 0 Å². The van der Waals surface area contributed by atoms with E-state index in [-0.39, 0.29) is 12.3 Å². The predicted octanol–water partition coefficient (Wildman–Crippen LogP) is 3.54. The van der Waals surface area contributed by atoms with Gasteiger partial charge < -0.3 is 19.7 Å². The normalized spacial score (nSPS) is 17.2. The highest BCUT2D eigenvalue weighted by molar-refractivity contribution is 8.16. The lowest BCUT2D eigenvalue weighted by Gasteiger charge is -2.36. The van der Waals surface area contributed by atoms with Crippen LogP contribution in [0.2, 0.25) is 0 Å². The molecule has 1 atom stereocenters. The number of benzene rings is 1. The maximum Gasteiger partial charge on any atom is 0.338 e. The fourth-order valence-electron chi connectivity index (χ4n) is 3.86. The number of thioether (sulfide) groups is 1. The highest BCUT2D eigenvalue weighted by atomic mass is 32.2. The molecule has 0 aliphatic carbocycles. The number of esters is 1. The molecule has 1 aromatic carbocycles. The van der Waals surface area contributed by atoms with Gasteiger partial charge in [-0.3, -0.25) is 9.78 Å².